The van der Waals surface area contributed by atoms with Gasteiger partial charge < -0.3 is 14.8 Å². The molecular formula is C19H22FNO3. The van der Waals surface area contributed by atoms with E-state index in [2.05, 4.69) is 5.32 Å². The summed E-state index contributed by atoms with van der Waals surface area (Å²) in [5.74, 6) is -0.366. The Kier molecular flexibility index (Phi) is 6.32. The van der Waals surface area contributed by atoms with Crippen molar-refractivity contribution < 1.29 is 18.7 Å². The monoisotopic (exact) mass is 331 g/mol. The highest BCUT2D eigenvalue weighted by Gasteiger charge is 2.26. The van der Waals surface area contributed by atoms with Crippen LogP contribution >= 0.6 is 0 Å². The van der Waals surface area contributed by atoms with Crippen LogP contribution < -0.4 is 10.1 Å². The quantitative estimate of drug-likeness (QED) is 0.789. The average Bonchev–Trinajstić information content (AvgIpc) is 2.59. The Bertz CT molecular complexity index is 663. The smallest absolute Gasteiger partial charge is 0.323 e. The van der Waals surface area contributed by atoms with Gasteiger partial charge in [-0.2, -0.15) is 0 Å². The second-order valence-electron chi connectivity index (χ2n) is 5.56. The minimum absolute atomic E-state index is 0.367. The Balaban J connectivity index is 2.21. The maximum Gasteiger partial charge on any atom is 0.323 e. The molecule has 0 aliphatic rings. The maximum atomic E-state index is 13.4. The minimum atomic E-state index is -0.543. The lowest BCUT2D eigenvalue weighted by atomic mass is 10.0. The zero-order valence-electron chi connectivity index (χ0n) is 14.0. The Morgan fingerprint density at radius 1 is 1.08 bits per heavy atom. The molecule has 3 atom stereocenters. The number of likely N-dealkylation sites (N-methyl/N-ethyl adjacent to an activating group) is 1. The van der Waals surface area contributed by atoms with Crippen LogP contribution in [-0.2, 0) is 9.53 Å². The van der Waals surface area contributed by atoms with Gasteiger partial charge in [-0.3, -0.25) is 4.79 Å². The number of esters is 1. The molecule has 2 aromatic rings. The Hall–Kier alpha value is -2.40. The molecule has 0 aliphatic carbocycles. The van der Waals surface area contributed by atoms with Crippen LogP contribution in [0.15, 0.2) is 54.6 Å². The predicted octanol–water partition coefficient (Wildman–Crippen LogP) is 3.49. The zero-order chi connectivity index (χ0) is 17.5. The van der Waals surface area contributed by atoms with Crippen molar-refractivity contribution in [3.63, 3.8) is 0 Å². The molecule has 0 unspecified atom stereocenters. The summed E-state index contributed by atoms with van der Waals surface area (Å²) in [6.07, 6.45) is -1.08. The summed E-state index contributed by atoms with van der Waals surface area (Å²) in [7, 11) is 1.69. The van der Waals surface area contributed by atoms with Crippen molar-refractivity contribution in [2.75, 3.05) is 7.05 Å². The molecule has 0 saturated carbocycles. The van der Waals surface area contributed by atoms with E-state index in [0.29, 0.717) is 5.75 Å². The van der Waals surface area contributed by atoms with Crippen LogP contribution in [0.2, 0.25) is 0 Å². The van der Waals surface area contributed by atoms with Crippen LogP contribution in [0.1, 0.15) is 25.5 Å². The van der Waals surface area contributed by atoms with E-state index in [1.165, 1.54) is 12.1 Å². The first-order valence-corrected chi connectivity index (χ1v) is 7.86. The second kappa shape index (κ2) is 8.45. The molecule has 2 rings (SSSR count). The Labute approximate surface area is 141 Å². The highest BCUT2D eigenvalue weighted by atomic mass is 19.1. The normalized spacial score (nSPS) is 14.5. The number of ether oxygens (including phenoxy) is 2. The summed E-state index contributed by atoms with van der Waals surface area (Å²) in [4.78, 5) is 12.0. The van der Waals surface area contributed by atoms with E-state index in [-0.39, 0.29) is 11.8 Å². The molecule has 0 aliphatic heterocycles. The van der Waals surface area contributed by atoms with Crippen LogP contribution in [0, 0.1) is 5.82 Å². The van der Waals surface area contributed by atoms with Crippen molar-refractivity contribution in [2.45, 2.75) is 32.1 Å². The maximum absolute atomic E-state index is 13.4. The van der Waals surface area contributed by atoms with Crippen molar-refractivity contribution in [3.8, 4) is 5.75 Å². The van der Waals surface area contributed by atoms with Gasteiger partial charge in [0, 0.05) is 6.07 Å². The van der Waals surface area contributed by atoms with Gasteiger partial charge in [0.25, 0.3) is 0 Å². The van der Waals surface area contributed by atoms with Crippen molar-refractivity contribution >= 4 is 5.97 Å². The van der Waals surface area contributed by atoms with Crippen LogP contribution in [0.4, 0.5) is 4.39 Å². The molecule has 0 heterocycles. The Morgan fingerprint density at radius 2 is 1.79 bits per heavy atom. The zero-order valence-corrected chi connectivity index (χ0v) is 14.0. The van der Waals surface area contributed by atoms with E-state index in [0.717, 1.165) is 5.56 Å². The molecule has 128 valence electrons. The van der Waals surface area contributed by atoms with E-state index >= 15 is 0 Å². The first-order chi connectivity index (χ1) is 11.5. The molecule has 0 spiro atoms. The second-order valence-corrected chi connectivity index (χ2v) is 5.56. The highest BCUT2D eigenvalue weighted by molar-refractivity contribution is 5.75. The lowest BCUT2D eigenvalue weighted by Gasteiger charge is -2.26. The van der Waals surface area contributed by atoms with Crippen LogP contribution in [-0.4, -0.2) is 25.2 Å². The summed E-state index contributed by atoms with van der Waals surface area (Å²) >= 11 is 0. The van der Waals surface area contributed by atoms with Gasteiger partial charge in [0.1, 0.15) is 23.7 Å². The summed E-state index contributed by atoms with van der Waals surface area (Å²) in [6, 6.07) is 14.9. The van der Waals surface area contributed by atoms with Gasteiger partial charge in [0.15, 0.2) is 6.10 Å². The fourth-order valence-electron chi connectivity index (χ4n) is 2.23. The van der Waals surface area contributed by atoms with E-state index in [4.69, 9.17) is 9.47 Å². The average molecular weight is 331 g/mol. The van der Waals surface area contributed by atoms with Crippen LogP contribution in [0.3, 0.4) is 0 Å². The van der Waals surface area contributed by atoms with Crippen molar-refractivity contribution in [3.05, 3.63) is 66.0 Å². The van der Waals surface area contributed by atoms with Gasteiger partial charge in [-0.1, -0.05) is 36.4 Å². The molecular weight excluding hydrogens is 309 g/mol. The molecule has 0 bridgehead atoms. The van der Waals surface area contributed by atoms with E-state index in [9.17, 15) is 9.18 Å². The predicted molar refractivity (Wildman–Crippen MR) is 90.3 cm³/mol. The molecule has 24 heavy (non-hydrogen) atoms. The Morgan fingerprint density at radius 3 is 2.42 bits per heavy atom. The van der Waals surface area contributed by atoms with Crippen molar-refractivity contribution in [1.82, 2.24) is 5.32 Å². The summed E-state index contributed by atoms with van der Waals surface area (Å²) in [6.45, 7) is 3.48. The number of rotatable bonds is 7. The summed E-state index contributed by atoms with van der Waals surface area (Å²) in [5, 5.41) is 2.84. The number of carbonyl (C=O) groups excluding carboxylic acids is 1. The summed E-state index contributed by atoms with van der Waals surface area (Å²) in [5.41, 5.74) is 0.846. The molecule has 5 heteroatoms. The van der Waals surface area contributed by atoms with Crippen LogP contribution in [0.25, 0.3) is 0 Å². The van der Waals surface area contributed by atoms with Gasteiger partial charge >= 0.3 is 5.97 Å². The van der Waals surface area contributed by atoms with E-state index in [1.54, 1.807) is 33.0 Å². The molecule has 1 N–H and O–H groups in total. The fourth-order valence-corrected chi connectivity index (χ4v) is 2.23. The first-order valence-electron chi connectivity index (χ1n) is 7.86. The number of halogens is 1. The topological polar surface area (TPSA) is 47.6 Å². The third-order valence-electron chi connectivity index (χ3n) is 3.70. The van der Waals surface area contributed by atoms with Crippen molar-refractivity contribution in [1.29, 1.82) is 0 Å². The number of nitrogens with one attached hydrogen (secondary N) is 1. The molecule has 2 aromatic carbocycles. The lowest BCUT2D eigenvalue weighted by molar-refractivity contribution is -0.154. The third-order valence-corrected chi connectivity index (χ3v) is 3.70. The number of benzene rings is 2. The fraction of sp³-hybridized carbons (Fsp3) is 0.316. The molecule has 0 fully saturated rings. The standard InChI is InChI=1S/C19H22FNO3/c1-13(21-3)19(22)23-14(2)18(15-8-5-4-6-9-15)24-17-11-7-10-16(20)12-17/h4-14,18,21H,1-3H3/t13-,14-,18-/m0/s1. The van der Waals surface area contributed by atoms with E-state index < -0.39 is 18.2 Å². The molecule has 4 nitrogen and oxygen atoms in total. The molecule has 0 radical (unpaired) electrons. The summed E-state index contributed by atoms with van der Waals surface area (Å²) < 4.78 is 24.8. The first kappa shape index (κ1) is 17.9. The van der Waals surface area contributed by atoms with Crippen LogP contribution in [0.5, 0.6) is 5.75 Å². The van der Waals surface area contributed by atoms with Gasteiger partial charge in [-0.05, 0) is 38.6 Å². The molecule has 0 saturated heterocycles. The number of hydrogen-bond donors (Lipinski definition) is 1. The SMILES string of the molecule is CN[C@@H](C)C(=O)O[C@@H](C)[C@H](Oc1cccc(F)c1)c1ccccc1. The van der Waals surface area contributed by atoms with Gasteiger partial charge in [0.05, 0.1) is 0 Å². The third kappa shape index (κ3) is 4.80. The number of hydrogen-bond acceptors (Lipinski definition) is 4. The lowest BCUT2D eigenvalue weighted by Crippen LogP contribution is -2.36. The molecule has 0 aromatic heterocycles. The van der Waals surface area contributed by atoms with E-state index in [1.807, 2.05) is 30.3 Å². The minimum Gasteiger partial charge on any atom is -0.482 e. The van der Waals surface area contributed by atoms with Crippen molar-refractivity contribution in [2.24, 2.45) is 0 Å². The van der Waals surface area contributed by atoms with Gasteiger partial charge in [-0.15, -0.1) is 0 Å². The molecule has 0 amide bonds. The largest absolute Gasteiger partial charge is 0.482 e. The number of carbonyl (C=O) groups is 1. The van der Waals surface area contributed by atoms with Gasteiger partial charge in [-0.25, -0.2) is 4.39 Å². The highest BCUT2D eigenvalue weighted by Crippen LogP contribution is 2.27. The van der Waals surface area contributed by atoms with Gasteiger partial charge in [0.2, 0.25) is 0 Å².